The van der Waals surface area contributed by atoms with Gasteiger partial charge in [0.15, 0.2) is 0 Å². The van der Waals surface area contributed by atoms with Crippen molar-refractivity contribution in [3.8, 4) is 0 Å². The van der Waals surface area contributed by atoms with Crippen LogP contribution in [0.4, 0.5) is 4.39 Å². The monoisotopic (exact) mass is 195 g/mol. The lowest BCUT2D eigenvalue weighted by Crippen LogP contribution is -2.28. The molecule has 0 aliphatic carbocycles. The van der Waals surface area contributed by atoms with E-state index in [4.69, 9.17) is 0 Å². The van der Waals surface area contributed by atoms with Gasteiger partial charge < -0.3 is 5.32 Å². The summed E-state index contributed by atoms with van der Waals surface area (Å²) >= 11 is 0. The van der Waals surface area contributed by atoms with Gasteiger partial charge in [0.25, 0.3) is 5.91 Å². The molecule has 1 N–H and O–H groups in total. The van der Waals surface area contributed by atoms with Gasteiger partial charge >= 0.3 is 0 Å². The fourth-order valence-electron chi connectivity index (χ4n) is 0.937. The molecule has 0 aliphatic rings. The Morgan fingerprint density at radius 3 is 2.71 bits per heavy atom. The van der Waals surface area contributed by atoms with Crippen LogP contribution in [0.15, 0.2) is 24.3 Å². The standard InChI is InChI=1S/C10H10FNO2/c1-7(13)6-12-10(14)8-3-2-4-9(11)5-8/h2-5H,6H2,1H3,(H,12,14). The second-order valence-electron chi connectivity index (χ2n) is 2.90. The summed E-state index contributed by atoms with van der Waals surface area (Å²) in [6.07, 6.45) is 0. The molecule has 0 bridgehead atoms. The molecule has 0 saturated heterocycles. The quantitative estimate of drug-likeness (QED) is 0.786. The van der Waals surface area contributed by atoms with E-state index in [1.165, 1.54) is 25.1 Å². The van der Waals surface area contributed by atoms with Crippen molar-refractivity contribution < 1.29 is 14.0 Å². The van der Waals surface area contributed by atoms with Crippen LogP contribution < -0.4 is 5.32 Å². The predicted molar refractivity (Wildman–Crippen MR) is 49.4 cm³/mol. The number of carbonyl (C=O) groups excluding carboxylic acids is 2. The van der Waals surface area contributed by atoms with Crippen LogP contribution in [0.2, 0.25) is 0 Å². The zero-order valence-electron chi connectivity index (χ0n) is 7.71. The molecule has 0 fully saturated rings. The van der Waals surface area contributed by atoms with Gasteiger partial charge in [0.2, 0.25) is 0 Å². The smallest absolute Gasteiger partial charge is 0.251 e. The van der Waals surface area contributed by atoms with Crippen molar-refractivity contribution in [3.05, 3.63) is 35.6 Å². The van der Waals surface area contributed by atoms with Gasteiger partial charge in [0.05, 0.1) is 6.54 Å². The van der Waals surface area contributed by atoms with E-state index in [1.807, 2.05) is 0 Å². The van der Waals surface area contributed by atoms with Crippen LogP contribution in [-0.4, -0.2) is 18.2 Å². The molecule has 1 amide bonds. The normalized spacial score (nSPS) is 9.57. The van der Waals surface area contributed by atoms with Crippen LogP contribution in [0.5, 0.6) is 0 Å². The number of carbonyl (C=O) groups is 2. The Bertz CT molecular complexity index is 363. The number of hydrogen-bond donors (Lipinski definition) is 1. The lowest BCUT2D eigenvalue weighted by Gasteiger charge is -2.02. The van der Waals surface area contributed by atoms with E-state index >= 15 is 0 Å². The first-order chi connectivity index (χ1) is 6.59. The summed E-state index contributed by atoms with van der Waals surface area (Å²) in [7, 11) is 0. The van der Waals surface area contributed by atoms with Gasteiger partial charge in [-0.25, -0.2) is 4.39 Å². The van der Waals surface area contributed by atoms with Gasteiger partial charge in [-0.1, -0.05) is 6.07 Å². The Kier molecular flexibility index (Phi) is 3.34. The summed E-state index contributed by atoms with van der Waals surface area (Å²) in [6.45, 7) is 1.33. The Balaban J connectivity index is 2.65. The first-order valence-electron chi connectivity index (χ1n) is 4.13. The molecule has 14 heavy (non-hydrogen) atoms. The van der Waals surface area contributed by atoms with E-state index in [0.717, 1.165) is 6.07 Å². The largest absolute Gasteiger partial charge is 0.345 e. The van der Waals surface area contributed by atoms with E-state index in [9.17, 15) is 14.0 Å². The average molecular weight is 195 g/mol. The van der Waals surface area contributed by atoms with Crippen molar-refractivity contribution in [1.29, 1.82) is 0 Å². The Hall–Kier alpha value is -1.71. The summed E-state index contributed by atoms with van der Waals surface area (Å²) in [4.78, 5) is 21.8. The second-order valence-corrected chi connectivity index (χ2v) is 2.90. The van der Waals surface area contributed by atoms with Gasteiger partial charge in [-0.3, -0.25) is 9.59 Å². The molecular weight excluding hydrogens is 185 g/mol. The number of halogens is 1. The average Bonchev–Trinajstić information content (AvgIpc) is 2.14. The third-order valence-corrected chi connectivity index (χ3v) is 1.58. The van der Waals surface area contributed by atoms with Crippen molar-refractivity contribution in [3.63, 3.8) is 0 Å². The van der Waals surface area contributed by atoms with E-state index < -0.39 is 11.7 Å². The fraction of sp³-hybridized carbons (Fsp3) is 0.200. The van der Waals surface area contributed by atoms with Gasteiger partial charge in [-0.2, -0.15) is 0 Å². The number of hydrogen-bond acceptors (Lipinski definition) is 2. The Morgan fingerprint density at radius 2 is 2.14 bits per heavy atom. The number of Topliss-reactive ketones (excluding diaryl/α,β-unsaturated/α-hetero) is 1. The van der Waals surface area contributed by atoms with E-state index in [-0.39, 0.29) is 17.9 Å². The summed E-state index contributed by atoms with van der Waals surface area (Å²) in [6, 6.07) is 5.30. The number of amides is 1. The first-order valence-corrected chi connectivity index (χ1v) is 4.13. The number of ketones is 1. The second kappa shape index (κ2) is 4.50. The first kappa shape index (κ1) is 10.4. The van der Waals surface area contributed by atoms with Crippen LogP contribution in [0, 0.1) is 5.82 Å². The van der Waals surface area contributed by atoms with Crippen molar-refractivity contribution in [2.24, 2.45) is 0 Å². The molecule has 0 aliphatic heterocycles. The van der Waals surface area contributed by atoms with Crippen LogP contribution in [0.25, 0.3) is 0 Å². The predicted octanol–water partition coefficient (Wildman–Crippen LogP) is 1.14. The third-order valence-electron chi connectivity index (χ3n) is 1.58. The number of benzene rings is 1. The molecule has 0 radical (unpaired) electrons. The molecule has 0 atom stereocenters. The van der Waals surface area contributed by atoms with Crippen LogP contribution in [0.1, 0.15) is 17.3 Å². The molecule has 1 aromatic carbocycles. The fourth-order valence-corrected chi connectivity index (χ4v) is 0.937. The van der Waals surface area contributed by atoms with E-state index in [1.54, 1.807) is 0 Å². The zero-order valence-corrected chi connectivity index (χ0v) is 7.71. The molecule has 0 spiro atoms. The topological polar surface area (TPSA) is 46.2 Å². The minimum Gasteiger partial charge on any atom is -0.345 e. The van der Waals surface area contributed by atoms with Crippen molar-refractivity contribution >= 4 is 11.7 Å². The minimum absolute atomic E-state index is 0.0324. The highest BCUT2D eigenvalue weighted by molar-refractivity contribution is 5.96. The lowest BCUT2D eigenvalue weighted by molar-refractivity contribution is -0.116. The maximum atomic E-state index is 12.7. The maximum absolute atomic E-state index is 12.7. The van der Waals surface area contributed by atoms with E-state index in [0.29, 0.717) is 0 Å². The Labute approximate surface area is 80.9 Å². The molecule has 0 heterocycles. The lowest BCUT2D eigenvalue weighted by atomic mass is 10.2. The third kappa shape index (κ3) is 2.97. The SMILES string of the molecule is CC(=O)CNC(=O)c1cccc(F)c1. The highest BCUT2D eigenvalue weighted by Gasteiger charge is 2.05. The van der Waals surface area contributed by atoms with E-state index in [2.05, 4.69) is 5.32 Å². The summed E-state index contributed by atoms with van der Waals surface area (Å²) in [5.41, 5.74) is 0.214. The van der Waals surface area contributed by atoms with Gasteiger partial charge in [0.1, 0.15) is 11.6 Å². The van der Waals surface area contributed by atoms with Gasteiger partial charge in [-0.05, 0) is 25.1 Å². The van der Waals surface area contributed by atoms with Crippen LogP contribution in [-0.2, 0) is 4.79 Å². The van der Waals surface area contributed by atoms with Crippen molar-refractivity contribution in [2.75, 3.05) is 6.54 Å². The Morgan fingerprint density at radius 1 is 1.43 bits per heavy atom. The van der Waals surface area contributed by atoms with Crippen molar-refractivity contribution in [1.82, 2.24) is 5.32 Å². The highest BCUT2D eigenvalue weighted by atomic mass is 19.1. The maximum Gasteiger partial charge on any atom is 0.251 e. The molecule has 4 heteroatoms. The number of rotatable bonds is 3. The molecule has 74 valence electrons. The molecule has 1 aromatic rings. The molecule has 3 nitrogen and oxygen atoms in total. The highest BCUT2D eigenvalue weighted by Crippen LogP contribution is 2.02. The summed E-state index contributed by atoms with van der Waals surface area (Å²) < 4.78 is 12.7. The molecule has 1 rings (SSSR count). The summed E-state index contributed by atoms with van der Waals surface area (Å²) in [5.74, 6) is -1.06. The minimum atomic E-state index is -0.472. The van der Waals surface area contributed by atoms with Gasteiger partial charge in [-0.15, -0.1) is 0 Å². The van der Waals surface area contributed by atoms with Gasteiger partial charge in [0, 0.05) is 5.56 Å². The summed E-state index contributed by atoms with van der Waals surface area (Å²) in [5, 5.41) is 2.37. The van der Waals surface area contributed by atoms with Crippen LogP contribution in [0.3, 0.4) is 0 Å². The van der Waals surface area contributed by atoms with Crippen LogP contribution >= 0.6 is 0 Å². The molecule has 0 unspecified atom stereocenters. The van der Waals surface area contributed by atoms with Crippen molar-refractivity contribution in [2.45, 2.75) is 6.92 Å². The molecule has 0 aromatic heterocycles. The molecular formula is C10H10FNO2. The zero-order chi connectivity index (χ0) is 10.6. The number of nitrogens with one attached hydrogen (secondary N) is 1. The molecule has 0 saturated carbocycles.